The van der Waals surface area contributed by atoms with Gasteiger partial charge >= 0.3 is 0 Å². The van der Waals surface area contributed by atoms with Crippen LogP contribution in [0.2, 0.25) is 5.28 Å². The molecule has 1 aromatic heterocycles. The Hall–Kier alpha value is -1.94. The molecule has 0 spiro atoms. The van der Waals surface area contributed by atoms with E-state index in [2.05, 4.69) is 15.0 Å². The molecule has 0 atom stereocenters. The Labute approximate surface area is 151 Å². The molecule has 3 aromatic rings. The second-order valence-electron chi connectivity index (χ2n) is 5.06. The van der Waals surface area contributed by atoms with Crippen molar-refractivity contribution >= 4 is 78.1 Å². The SMILES string of the molecule is [B]c1c([B])c([B])c(-c2nc(Cl)nc(-c3ccccc3)n2)c([B])c1[B]. The van der Waals surface area contributed by atoms with Crippen LogP contribution in [-0.2, 0) is 0 Å². The Morgan fingerprint density at radius 2 is 1.12 bits per heavy atom. The predicted molar refractivity (Wildman–Crippen MR) is 103 cm³/mol. The van der Waals surface area contributed by atoms with Crippen molar-refractivity contribution in [1.82, 2.24) is 15.0 Å². The number of hydrogen-bond acceptors (Lipinski definition) is 3. The molecule has 3 nitrogen and oxygen atoms in total. The van der Waals surface area contributed by atoms with Crippen LogP contribution < -0.4 is 27.3 Å². The molecule has 0 saturated carbocycles. The standard InChI is InChI=1S/C15H5B5ClN3/c16-8-7(9(17)11(19)12(20)10(8)18)14-22-13(23-15(21)24-14)6-4-2-1-3-5-6/h1-5H. The van der Waals surface area contributed by atoms with E-state index in [1.807, 2.05) is 30.3 Å². The highest BCUT2D eigenvalue weighted by Crippen LogP contribution is 2.19. The summed E-state index contributed by atoms with van der Waals surface area (Å²) >= 11 is 6.03. The molecule has 102 valence electrons. The molecule has 1 heterocycles. The van der Waals surface area contributed by atoms with E-state index in [1.54, 1.807) is 0 Å². The Balaban J connectivity index is 2.27. The number of halogens is 1. The van der Waals surface area contributed by atoms with Crippen LogP contribution >= 0.6 is 11.6 Å². The first-order valence-electron chi connectivity index (χ1n) is 6.88. The van der Waals surface area contributed by atoms with Gasteiger partial charge in [-0.05, 0) is 11.6 Å². The number of aromatic nitrogens is 3. The van der Waals surface area contributed by atoms with Crippen LogP contribution in [0.15, 0.2) is 30.3 Å². The summed E-state index contributed by atoms with van der Waals surface area (Å²) in [6, 6.07) is 9.27. The lowest BCUT2D eigenvalue weighted by Crippen LogP contribution is -2.55. The van der Waals surface area contributed by atoms with Crippen LogP contribution in [0.4, 0.5) is 0 Å². The van der Waals surface area contributed by atoms with Crippen LogP contribution in [0, 0.1) is 0 Å². The first kappa shape index (κ1) is 16.9. The van der Waals surface area contributed by atoms with Crippen molar-refractivity contribution in [2.45, 2.75) is 0 Å². The van der Waals surface area contributed by atoms with Gasteiger partial charge in [0.1, 0.15) is 39.2 Å². The molecule has 0 saturated heterocycles. The van der Waals surface area contributed by atoms with Crippen molar-refractivity contribution in [2.75, 3.05) is 0 Å². The molecule has 0 fully saturated rings. The third-order valence-electron chi connectivity index (χ3n) is 3.56. The summed E-state index contributed by atoms with van der Waals surface area (Å²) < 4.78 is 0. The van der Waals surface area contributed by atoms with Crippen molar-refractivity contribution in [3.63, 3.8) is 0 Å². The van der Waals surface area contributed by atoms with Gasteiger partial charge in [-0.2, -0.15) is 9.97 Å². The highest BCUT2D eigenvalue weighted by molar-refractivity contribution is 6.68. The molecule has 3 rings (SSSR count). The Morgan fingerprint density at radius 1 is 0.625 bits per heavy atom. The van der Waals surface area contributed by atoms with Crippen molar-refractivity contribution in [3.8, 4) is 22.8 Å². The second-order valence-corrected chi connectivity index (χ2v) is 5.40. The first-order chi connectivity index (χ1) is 11.4. The van der Waals surface area contributed by atoms with Gasteiger partial charge in [-0.25, -0.2) is 4.98 Å². The minimum Gasteiger partial charge on any atom is -0.208 e. The average Bonchev–Trinajstić information content (AvgIpc) is 2.59. The van der Waals surface area contributed by atoms with Gasteiger partial charge in [0.25, 0.3) is 0 Å². The largest absolute Gasteiger partial charge is 0.226 e. The molecular weight excluding hydrogens is 312 g/mol. The molecule has 0 N–H and O–H groups in total. The molecular formula is C15H5B5ClN3. The highest BCUT2D eigenvalue weighted by atomic mass is 35.5. The smallest absolute Gasteiger partial charge is 0.208 e. The van der Waals surface area contributed by atoms with E-state index in [1.165, 1.54) is 0 Å². The van der Waals surface area contributed by atoms with E-state index < -0.39 is 0 Å². The predicted octanol–water partition coefficient (Wildman–Crippen LogP) is -2.17. The Morgan fingerprint density at radius 3 is 1.71 bits per heavy atom. The molecule has 9 heteroatoms. The van der Waals surface area contributed by atoms with Gasteiger partial charge in [0.15, 0.2) is 11.6 Å². The molecule has 0 bridgehead atoms. The minimum absolute atomic E-state index is 0.00776. The van der Waals surface area contributed by atoms with Crippen LogP contribution in [0.5, 0.6) is 0 Å². The minimum atomic E-state index is -0.00776. The quantitative estimate of drug-likeness (QED) is 0.505. The van der Waals surface area contributed by atoms with E-state index in [4.69, 9.17) is 50.8 Å². The van der Waals surface area contributed by atoms with E-state index in [-0.39, 0.29) is 44.0 Å². The summed E-state index contributed by atoms with van der Waals surface area (Å²) in [6.45, 7) is 0. The van der Waals surface area contributed by atoms with E-state index in [0.29, 0.717) is 5.82 Å². The fourth-order valence-electron chi connectivity index (χ4n) is 2.27. The van der Waals surface area contributed by atoms with Gasteiger partial charge in [0.05, 0.1) is 0 Å². The zero-order valence-electron chi connectivity index (χ0n) is 12.5. The fourth-order valence-corrected chi connectivity index (χ4v) is 2.43. The molecule has 24 heavy (non-hydrogen) atoms. The van der Waals surface area contributed by atoms with Gasteiger partial charge in [-0.1, -0.05) is 41.3 Å². The molecule has 10 radical (unpaired) electrons. The Kier molecular flexibility index (Phi) is 4.59. The van der Waals surface area contributed by atoms with Gasteiger partial charge in [0.2, 0.25) is 5.28 Å². The third-order valence-corrected chi connectivity index (χ3v) is 3.73. The summed E-state index contributed by atoms with van der Waals surface area (Å²) in [5.41, 5.74) is 1.68. The normalized spacial score (nSPS) is 10.7. The van der Waals surface area contributed by atoms with Crippen LogP contribution in [0.3, 0.4) is 0 Å². The van der Waals surface area contributed by atoms with Crippen LogP contribution in [0.25, 0.3) is 22.8 Å². The van der Waals surface area contributed by atoms with Gasteiger partial charge in [-0.3, -0.25) is 0 Å². The Bertz CT molecular complexity index is 905. The van der Waals surface area contributed by atoms with Gasteiger partial charge in [0, 0.05) is 11.1 Å². The third kappa shape index (κ3) is 2.91. The number of hydrogen-bond donors (Lipinski definition) is 0. The van der Waals surface area contributed by atoms with Crippen molar-refractivity contribution < 1.29 is 0 Å². The van der Waals surface area contributed by atoms with Gasteiger partial charge < -0.3 is 0 Å². The van der Waals surface area contributed by atoms with Crippen LogP contribution in [-0.4, -0.2) is 54.2 Å². The van der Waals surface area contributed by atoms with E-state index in [9.17, 15) is 0 Å². The van der Waals surface area contributed by atoms with E-state index in [0.717, 1.165) is 5.56 Å². The van der Waals surface area contributed by atoms with Crippen LogP contribution in [0.1, 0.15) is 0 Å². The molecule has 0 unspecified atom stereocenters. The summed E-state index contributed by atoms with van der Waals surface area (Å²) in [4.78, 5) is 12.6. The second kappa shape index (κ2) is 6.52. The lowest BCUT2D eigenvalue weighted by Gasteiger charge is -2.20. The topological polar surface area (TPSA) is 38.7 Å². The highest BCUT2D eigenvalue weighted by Gasteiger charge is 2.16. The fraction of sp³-hybridized carbons (Fsp3) is 0. The van der Waals surface area contributed by atoms with Gasteiger partial charge in [-0.15, -0.1) is 16.4 Å². The molecule has 0 aliphatic rings. The molecule has 0 aliphatic carbocycles. The monoisotopic (exact) mass is 317 g/mol. The maximum atomic E-state index is 6.04. The van der Waals surface area contributed by atoms with Crippen molar-refractivity contribution in [1.29, 1.82) is 0 Å². The average molecular weight is 317 g/mol. The lowest BCUT2D eigenvalue weighted by molar-refractivity contribution is 1.07. The zero-order chi connectivity index (χ0) is 17.4. The summed E-state index contributed by atoms with van der Waals surface area (Å²) in [6.07, 6.45) is 0. The molecule has 0 amide bonds. The summed E-state index contributed by atoms with van der Waals surface area (Å²) in [5, 5.41) is -0.00776. The zero-order valence-corrected chi connectivity index (χ0v) is 13.2. The lowest BCUT2D eigenvalue weighted by atomic mass is 9.60. The summed E-state index contributed by atoms with van der Waals surface area (Å²) in [7, 11) is 29.6. The first-order valence-corrected chi connectivity index (χ1v) is 7.26. The summed E-state index contributed by atoms with van der Waals surface area (Å²) in [5.74, 6) is 0.542. The van der Waals surface area contributed by atoms with Crippen molar-refractivity contribution in [3.05, 3.63) is 35.6 Å². The molecule has 0 aliphatic heterocycles. The number of benzene rings is 2. The number of rotatable bonds is 2. The van der Waals surface area contributed by atoms with Crippen molar-refractivity contribution in [2.24, 2.45) is 0 Å². The molecule has 2 aromatic carbocycles. The number of nitrogens with zero attached hydrogens (tertiary/aromatic N) is 3. The van der Waals surface area contributed by atoms with E-state index >= 15 is 0 Å². The maximum absolute atomic E-state index is 6.04. The maximum Gasteiger partial charge on any atom is 0.226 e.